The average Bonchev–Trinajstić information content (AvgIpc) is 2.93. The summed E-state index contributed by atoms with van der Waals surface area (Å²) in [5.74, 6) is 1.58. The summed E-state index contributed by atoms with van der Waals surface area (Å²) in [5.41, 5.74) is 9.84. The van der Waals surface area contributed by atoms with Gasteiger partial charge >= 0.3 is 0 Å². The van der Waals surface area contributed by atoms with Gasteiger partial charge in [0.15, 0.2) is 11.5 Å². The second kappa shape index (κ2) is 5.61. The van der Waals surface area contributed by atoms with E-state index in [0.717, 1.165) is 33.9 Å². The molecule has 3 N–H and O–H groups in total. The molecule has 4 nitrogen and oxygen atoms in total. The largest absolute Gasteiger partial charge is 0.454 e. The Morgan fingerprint density at radius 3 is 2.86 bits per heavy atom. The first-order valence-electron chi connectivity index (χ1n) is 6.67. The van der Waals surface area contributed by atoms with E-state index in [1.165, 1.54) is 0 Å². The van der Waals surface area contributed by atoms with E-state index in [1.807, 2.05) is 43.3 Å². The number of nitrogens with one attached hydrogen (secondary N) is 1. The summed E-state index contributed by atoms with van der Waals surface area (Å²) in [6.07, 6.45) is 0. The lowest BCUT2D eigenvalue weighted by atomic mass is 10.1. The average molecular weight is 300 g/mol. The number of nitrogens with two attached hydrogens (primary N) is 1. The zero-order chi connectivity index (χ0) is 14.8. The van der Waals surface area contributed by atoms with Crippen molar-refractivity contribution >= 4 is 22.9 Å². The molecule has 1 aliphatic heterocycles. The highest BCUT2D eigenvalue weighted by molar-refractivity contribution is 7.80. The number of aryl methyl sites for hydroxylation is 1. The number of hydrogen-bond acceptors (Lipinski definition) is 4. The van der Waals surface area contributed by atoms with Crippen LogP contribution in [0, 0.1) is 6.92 Å². The normalized spacial score (nSPS) is 12.2. The fourth-order valence-corrected chi connectivity index (χ4v) is 2.52. The zero-order valence-electron chi connectivity index (χ0n) is 11.7. The Bertz CT molecular complexity index is 701. The molecule has 0 saturated carbocycles. The number of thiocarbonyl (C=S) groups is 1. The predicted octanol–water partition coefficient (Wildman–Crippen LogP) is 2.97. The van der Waals surface area contributed by atoms with Crippen molar-refractivity contribution in [2.24, 2.45) is 5.73 Å². The highest BCUT2D eigenvalue weighted by Crippen LogP contribution is 2.32. The van der Waals surface area contributed by atoms with Gasteiger partial charge in [-0.15, -0.1) is 0 Å². The summed E-state index contributed by atoms with van der Waals surface area (Å²) in [7, 11) is 0. The van der Waals surface area contributed by atoms with Crippen molar-refractivity contribution in [2.75, 3.05) is 12.1 Å². The van der Waals surface area contributed by atoms with Gasteiger partial charge in [-0.05, 0) is 36.2 Å². The van der Waals surface area contributed by atoms with Gasteiger partial charge in [-0.3, -0.25) is 0 Å². The first-order chi connectivity index (χ1) is 10.1. The van der Waals surface area contributed by atoms with Gasteiger partial charge in [-0.1, -0.05) is 30.4 Å². The molecule has 0 fully saturated rings. The Balaban J connectivity index is 1.80. The summed E-state index contributed by atoms with van der Waals surface area (Å²) in [6.45, 7) is 2.98. The summed E-state index contributed by atoms with van der Waals surface area (Å²) in [4.78, 5) is 0.395. The molecule has 0 unspecified atom stereocenters. The zero-order valence-corrected chi connectivity index (χ0v) is 12.5. The molecule has 1 heterocycles. The third-order valence-corrected chi connectivity index (χ3v) is 3.66. The van der Waals surface area contributed by atoms with Crippen molar-refractivity contribution in [3.05, 3.63) is 53.1 Å². The third kappa shape index (κ3) is 2.78. The van der Waals surface area contributed by atoms with Crippen LogP contribution in [0.5, 0.6) is 11.5 Å². The summed E-state index contributed by atoms with van der Waals surface area (Å²) in [6, 6.07) is 11.8. The van der Waals surface area contributed by atoms with Crippen molar-refractivity contribution in [3.8, 4) is 11.5 Å². The van der Waals surface area contributed by atoms with Gasteiger partial charge in [0.1, 0.15) is 4.99 Å². The van der Waals surface area contributed by atoms with E-state index in [0.29, 0.717) is 11.5 Å². The van der Waals surface area contributed by atoms with Crippen molar-refractivity contribution in [1.82, 2.24) is 0 Å². The molecule has 0 amide bonds. The number of anilines is 1. The summed E-state index contributed by atoms with van der Waals surface area (Å²) < 4.78 is 10.7. The van der Waals surface area contributed by atoms with Gasteiger partial charge in [0.2, 0.25) is 6.79 Å². The van der Waals surface area contributed by atoms with Crippen LogP contribution < -0.4 is 20.5 Å². The van der Waals surface area contributed by atoms with E-state index in [4.69, 9.17) is 27.4 Å². The Morgan fingerprint density at radius 1 is 1.24 bits per heavy atom. The van der Waals surface area contributed by atoms with E-state index in [9.17, 15) is 0 Å². The van der Waals surface area contributed by atoms with Gasteiger partial charge in [0.25, 0.3) is 0 Å². The number of ether oxygens (including phenoxy) is 2. The van der Waals surface area contributed by atoms with Crippen molar-refractivity contribution in [3.63, 3.8) is 0 Å². The van der Waals surface area contributed by atoms with Crippen LogP contribution in [0.15, 0.2) is 36.4 Å². The summed E-state index contributed by atoms with van der Waals surface area (Å²) in [5, 5.41) is 3.41. The van der Waals surface area contributed by atoms with E-state index in [2.05, 4.69) is 5.32 Å². The van der Waals surface area contributed by atoms with E-state index in [1.54, 1.807) is 0 Å². The van der Waals surface area contributed by atoms with Crippen LogP contribution in [0.2, 0.25) is 0 Å². The SMILES string of the molecule is Cc1cccc(C(N)=S)c1NCc1ccc2c(c1)OCO2. The molecule has 5 heteroatoms. The Kier molecular flexibility index (Phi) is 3.66. The number of hydrogen-bond donors (Lipinski definition) is 2. The lowest BCUT2D eigenvalue weighted by molar-refractivity contribution is 0.174. The predicted molar refractivity (Wildman–Crippen MR) is 87.0 cm³/mol. The van der Waals surface area contributed by atoms with Crippen molar-refractivity contribution in [1.29, 1.82) is 0 Å². The van der Waals surface area contributed by atoms with E-state index < -0.39 is 0 Å². The number of rotatable bonds is 4. The summed E-state index contributed by atoms with van der Waals surface area (Å²) >= 11 is 5.11. The monoisotopic (exact) mass is 300 g/mol. The van der Waals surface area contributed by atoms with Crippen LogP contribution in [0.1, 0.15) is 16.7 Å². The molecule has 0 aromatic heterocycles. The molecular formula is C16H16N2O2S. The number of fused-ring (bicyclic) bond motifs is 1. The highest BCUT2D eigenvalue weighted by atomic mass is 32.1. The second-order valence-electron chi connectivity index (χ2n) is 4.90. The molecule has 0 bridgehead atoms. The molecule has 0 atom stereocenters. The molecule has 21 heavy (non-hydrogen) atoms. The third-order valence-electron chi connectivity index (χ3n) is 3.44. The molecule has 3 rings (SSSR count). The van der Waals surface area contributed by atoms with Gasteiger partial charge in [0, 0.05) is 17.8 Å². The topological polar surface area (TPSA) is 56.5 Å². The van der Waals surface area contributed by atoms with Crippen LogP contribution >= 0.6 is 12.2 Å². The van der Waals surface area contributed by atoms with Crippen LogP contribution in [0.25, 0.3) is 0 Å². The standard InChI is InChI=1S/C16H16N2O2S/c1-10-3-2-4-12(16(17)21)15(10)18-8-11-5-6-13-14(7-11)20-9-19-13/h2-7,18H,8-9H2,1H3,(H2,17,21). The Hall–Kier alpha value is -2.27. The fourth-order valence-electron chi connectivity index (χ4n) is 2.35. The molecule has 1 aliphatic rings. The minimum Gasteiger partial charge on any atom is -0.454 e. The molecular weight excluding hydrogens is 284 g/mol. The molecule has 2 aromatic carbocycles. The molecule has 108 valence electrons. The van der Waals surface area contributed by atoms with Crippen LogP contribution in [-0.4, -0.2) is 11.8 Å². The van der Waals surface area contributed by atoms with Crippen LogP contribution in [-0.2, 0) is 6.54 Å². The molecule has 2 aromatic rings. The molecule has 0 aliphatic carbocycles. The molecule has 0 saturated heterocycles. The molecule has 0 spiro atoms. The minimum atomic E-state index is 0.287. The Labute approximate surface area is 128 Å². The first-order valence-corrected chi connectivity index (χ1v) is 7.08. The van der Waals surface area contributed by atoms with E-state index in [-0.39, 0.29) is 6.79 Å². The minimum absolute atomic E-state index is 0.287. The van der Waals surface area contributed by atoms with Crippen LogP contribution in [0.4, 0.5) is 5.69 Å². The smallest absolute Gasteiger partial charge is 0.231 e. The fraction of sp³-hybridized carbons (Fsp3) is 0.188. The maximum Gasteiger partial charge on any atom is 0.231 e. The maximum absolute atomic E-state index is 5.78. The van der Waals surface area contributed by atoms with Gasteiger partial charge < -0.3 is 20.5 Å². The lowest BCUT2D eigenvalue weighted by Gasteiger charge is -2.14. The quantitative estimate of drug-likeness (QED) is 0.850. The van der Waals surface area contributed by atoms with Crippen molar-refractivity contribution in [2.45, 2.75) is 13.5 Å². The number of benzene rings is 2. The lowest BCUT2D eigenvalue weighted by Crippen LogP contribution is -2.14. The van der Waals surface area contributed by atoms with Gasteiger partial charge in [-0.2, -0.15) is 0 Å². The Morgan fingerprint density at radius 2 is 2.05 bits per heavy atom. The van der Waals surface area contributed by atoms with Gasteiger partial charge in [-0.25, -0.2) is 0 Å². The second-order valence-corrected chi connectivity index (χ2v) is 5.34. The molecule has 0 radical (unpaired) electrons. The first kappa shape index (κ1) is 13.7. The van der Waals surface area contributed by atoms with Crippen LogP contribution in [0.3, 0.4) is 0 Å². The van der Waals surface area contributed by atoms with E-state index >= 15 is 0 Å². The maximum atomic E-state index is 5.78. The highest BCUT2D eigenvalue weighted by Gasteiger charge is 2.13. The van der Waals surface area contributed by atoms with Crippen molar-refractivity contribution < 1.29 is 9.47 Å². The number of para-hydroxylation sites is 1. The van der Waals surface area contributed by atoms with Gasteiger partial charge in [0.05, 0.1) is 0 Å².